The number of carboxylic acids is 1. The number of aromatic nitrogens is 1. The number of nitrogens with zero attached hydrogens (tertiary/aromatic N) is 2. The minimum atomic E-state index is -0.909. The smallest absolute Gasteiger partial charge is 0.308 e. The molecule has 1 aromatic heterocycles. The van der Waals surface area contributed by atoms with E-state index in [2.05, 4.69) is 4.98 Å². The average Bonchev–Trinajstić information content (AvgIpc) is 3.22. The van der Waals surface area contributed by atoms with Gasteiger partial charge in [0.25, 0.3) is 5.91 Å². The van der Waals surface area contributed by atoms with Crippen molar-refractivity contribution >= 4 is 34.8 Å². The Kier molecular flexibility index (Phi) is 5.36. The molecule has 0 aliphatic carbocycles. The fourth-order valence-electron chi connectivity index (χ4n) is 3.03. The van der Waals surface area contributed by atoms with Crippen LogP contribution in [0.25, 0.3) is 0 Å². The number of benzene rings is 1. The molecule has 2 heterocycles. The van der Waals surface area contributed by atoms with Crippen molar-refractivity contribution in [1.29, 1.82) is 0 Å². The third-order valence-electron chi connectivity index (χ3n) is 4.26. The lowest BCUT2D eigenvalue weighted by atomic mass is 9.89. The number of aliphatic carboxylic acids is 1. The van der Waals surface area contributed by atoms with Gasteiger partial charge in [0.15, 0.2) is 0 Å². The maximum Gasteiger partial charge on any atom is 0.308 e. The number of carbonyl (C=O) groups excluding carboxylic acids is 1. The number of methoxy groups -OCH3 is 1. The Morgan fingerprint density at radius 1 is 1.36 bits per heavy atom. The quantitative estimate of drug-likeness (QED) is 0.862. The van der Waals surface area contributed by atoms with Gasteiger partial charge in [-0.25, -0.2) is 4.98 Å². The largest absolute Gasteiger partial charge is 0.481 e. The molecule has 1 saturated heterocycles. The number of ether oxygens (including phenoxy) is 1. The number of thiazole rings is 1. The zero-order chi connectivity index (χ0) is 18.0. The van der Waals surface area contributed by atoms with Gasteiger partial charge in [-0.3, -0.25) is 9.59 Å². The number of carbonyl (C=O) groups is 2. The van der Waals surface area contributed by atoms with Crippen LogP contribution in [-0.2, 0) is 16.1 Å². The molecule has 2 aromatic rings. The fraction of sp³-hybridized carbons (Fsp3) is 0.353. The number of carboxylic acid groups (broad SMARTS) is 1. The highest BCUT2D eigenvalue weighted by atomic mass is 35.5. The molecule has 2 atom stereocenters. The Morgan fingerprint density at radius 3 is 2.72 bits per heavy atom. The standard InChI is InChI=1S/C17H17ClN2O4S/c1-24-8-15-19-14(9-25-15)16(21)20-6-12(13(7-20)17(22)23)10-2-4-11(18)5-3-10/h2-5,9,12-13H,6-8H2,1H3,(H,22,23)/t12-,13+/m0/s1. The summed E-state index contributed by atoms with van der Waals surface area (Å²) in [6, 6.07) is 7.10. The molecule has 8 heteroatoms. The summed E-state index contributed by atoms with van der Waals surface area (Å²) in [6.07, 6.45) is 0. The lowest BCUT2D eigenvalue weighted by molar-refractivity contribution is -0.141. The number of hydrogen-bond acceptors (Lipinski definition) is 5. The SMILES string of the molecule is COCc1nc(C(=O)N2C[C@@H](C(=O)O)[C@H](c3ccc(Cl)cc3)C2)cs1. The molecule has 1 aromatic carbocycles. The van der Waals surface area contributed by atoms with E-state index < -0.39 is 11.9 Å². The molecule has 25 heavy (non-hydrogen) atoms. The van der Waals surface area contributed by atoms with E-state index in [-0.39, 0.29) is 18.4 Å². The van der Waals surface area contributed by atoms with E-state index in [1.165, 1.54) is 11.3 Å². The van der Waals surface area contributed by atoms with Crippen molar-refractivity contribution in [2.75, 3.05) is 20.2 Å². The molecular weight excluding hydrogens is 364 g/mol. The summed E-state index contributed by atoms with van der Waals surface area (Å²) in [4.78, 5) is 30.2. The molecular formula is C17H17ClN2O4S. The molecule has 1 N–H and O–H groups in total. The van der Waals surface area contributed by atoms with E-state index >= 15 is 0 Å². The molecule has 1 amide bonds. The first-order valence-electron chi connectivity index (χ1n) is 7.70. The normalized spacial score (nSPS) is 20.0. The summed E-state index contributed by atoms with van der Waals surface area (Å²) in [7, 11) is 1.57. The number of halogens is 1. The zero-order valence-electron chi connectivity index (χ0n) is 13.5. The highest BCUT2D eigenvalue weighted by Gasteiger charge is 2.41. The summed E-state index contributed by atoms with van der Waals surface area (Å²) in [5, 5.41) is 12.5. The first kappa shape index (κ1) is 17.8. The van der Waals surface area contributed by atoms with Crippen molar-refractivity contribution in [3.63, 3.8) is 0 Å². The first-order chi connectivity index (χ1) is 12.0. The average molecular weight is 381 g/mol. The van der Waals surface area contributed by atoms with Crippen molar-refractivity contribution in [1.82, 2.24) is 9.88 Å². The zero-order valence-corrected chi connectivity index (χ0v) is 15.1. The maximum absolute atomic E-state index is 12.7. The van der Waals surface area contributed by atoms with Gasteiger partial charge >= 0.3 is 5.97 Å². The van der Waals surface area contributed by atoms with Crippen LogP contribution in [0.2, 0.25) is 5.02 Å². The number of likely N-dealkylation sites (tertiary alicyclic amines) is 1. The molecule has 132 valence electrons. The molecule has 0 saturated carbocycles. The van der Waals surface area contributed by atoms with Gasteiger partial charge in [-0.2, -0.15) is 0 Å². The number of hydrogen-bond donors (Lipinski definition) is 1. The number of amides is 1. The molecule has 0 unspecified atom stereocenters. The second kappa shape index (κ2) is 7.51. The number of rotatable bonds is 5. The maximum atomic E-state index is 12.7. The molecule has 1 aliphatic rings. The molecule has 0 radical (unpaired) electrons. The van der Waals surface area contributed by atoms with Crippen molar-refractivity contribution in [3.8, 4) is 0 Å². The predicted molar refractivity (Wildman–Crippen MR) is 94.0 cm³/mol. The summed E-state index contributed by atoms with van der Waals surface area (Å²) < 4.78 is 5.01. The Morgan fingerprint density at radius 2 is 2.08 bits per heavy atom. The predicted octanol–water partition coefficient (Wildman–Crippen LogP) is 2.88. The van der Waals surface area contributed by atoms with E-state index in [1.807, 2.05) is 12.1 Å². The lowest BCUT2D eigenvalue weighted by Crippen LogP contribution is -2.30. The van der Waals surface area contributed by atoms with E-state index in [0.717, 1.165) is 5.56 Å². The van der Waals surface area contributed by atoms with Gasteiger partial charge in [-0.05, 0) is 17.7 Å². The minimum Gasteiger partial charge on any atom is -0.481 e. The van der Waals surface area contributed by atoms with Crippen LogP contribution in [0.1, 0.15) is 27.0 Å². The fourth-order valence-corrected chi connectivity index (χ4v) is 3.89. The Labute approximate surface area is 154 Å². The van der Waals surface area contributed by atoms with Crippen LogP contribution >= 0.6 is 22.9 Å². The van der Waals surface area contributed by atoms with Crippen LogP contribution in [0.3, 0.4) is 0 Å². The molecule has 1 fully saturated rings. The van der Waals surface area contributed by atoms with Crippen molar-refractivity contribution in [2.24, 2.45) is 5.92 Å². The monoisotopic (exact) mass is 380 g/mol. The van der Waals surface area contributed by atoms with E-state index in [4.69, 9.17) is 16.3 Å². The second-order valence-corrected chi connectivity index (χ2v) is 7.25. The Balaban J connectivity index is 1.80. The molecule has 0 spiro atoms. The Hall–Kier alpha value is -1.96. The van der Waals surface area contributed by atoms with Crippen LogP contribution in [0.15, 0.2) is 29.6 Å². The van der Waals surface area contributed by atoms with Crippen LogP contribution in [0, 0.1) is 5.92 Å². The van der Waals surface area contributed by atoms with Crippen molar-refractivity contribution in [3.05, 3.63) is 50.9 Å². The summed E-state index contributed by atoms with van der Waals surface area (Å²) in [5.74, 6) is -2.08. The molecule has 3 rings (SSSR count). The van der Waals surface area contributed by atoms with Crippen LogP contribution in [0.5, 0.6) is 0 Å². The van der Waals surface area contributed by atoms with Gasteiger partial charge in [-0.15, -0.1) is 11.3 Å². The van der Waals surface area contributed by atoms with Gasteiger partial charge in [0.05, 0.1) is 12.5 Å². The molecule has 6 nitrogen and oxygen atoms in total. The molecule has 0 bridgehead atoms. The van der Waals surface area contributed by atoms with Crippen molar-refractivity contribution in [2.45, 2.75) is 12.5 Å². The summed E-state index contributed by atoms with van der Waals surface area (Å²) in [6.45, 7) is 0.857. The van der Waals surface area contributed by atoms with Crippen LogP contribution in [0.4, 0.5) is 0 Å². The summed E-state index contributed by atoms with van der Waals surface area (Å²) >= 11 is 7.26. The topological polar surface area (TPSA) is 79.7 Å². The highest BCUT2D eigenvalue weighted by Crippen LogP contribution is 2.34. The first-order valence-corrected chi connectivity index (χ1v) is 8.96. The van der Waals surface area contributed by atoms with E-state index in [9.17, 15) is 14.7 Å². The van der Waals surface area contributed by atoms with Crippen LogP contribution < -0.4 is 0 Å². The Bertz CT molecular complexity index is 777. The lowest BCUT2D eigenvalue weighted by Gasteiger charge is -2.15. The highest BCUT2D eigenvalue weighted by molar-refractivity contribution is 7.09. The van der Waals surface area contributed by atoms with Gasteiger partial charge < -0.3 is 14.7 Å². The van der Waals surface area contributed by atoms with Gasteiger partial charge in [-0.1, -0.05) is 23.7 Å². The van der Waals surface area contributed by atoms with Gasteiger partial charge in [0.1, 0.15) is 10.7 Å². The minimum absolute atomic E-state index is 0.165. The summed E-state index contributed by atoms with van der Waals surface area (Å²) in [5.41, 5.74) is 1.20. The molecule has 1 aliphatic heterocycles. The van der Waals surface area contributed by atoms with Gasteiger partial charge in [0, 0.05) is 36.5 Å². The second-order valence-electron chi connectivity index (χ2n) is 5.87. The third-order valence-corrected chi connectivity index (χ3v) is 5.34. The van der Waals surface area contributed by atoms with Crippen LogP contribution in [-0.4, -0.2) is 47.1 Å². The van der Waals surface area contributed by atoms with Crippen molar-refractivity contribution < 1.29 is 19.4 Å². The van der Waals surface area contributed by atoms with E-state index in [0.29, 0.717) is 28.9 Å². The van der Waals surface area contributed by atoms with Gasteiger partial charge in [0.2, 0.25) is 0 Å². The third kappa shape index (κ3) is 3.84. The van der Waals surface area contributed by atoms with E-state index in [1.54, 1.807) is 29.5 Å².